The molecule has 4 aromatic heterocycles. The Bertz CT molecular complexity index is 1110. The molecule has 1 N–H and O–H groups in total. The summed E-state index contributed by atoms with van der Waals surface area (Å²) in [5.74, 6) is 0.553. The van der Waals surface area contributed by atoms with E-state index in [0.29, 0.717) is 18.5 Å². The van der Waals surface area contributed by atoms with Gasteiger partial charge in [0.15, 0.2) is 0 Å². The predicted octanol–water partition coefficient (Wildman–Crippen LogP) is 2.65. The van der Waals surface area contributed by atoms with E-state index in [-0.39, 0.29) is 18.0 Å². The molecule has 1 amide bonds. The highest BCUT2D eigenvalue weighted by molar-refractivity contribution is 7.17. The summed E-state index contributed by atoms with van der Waals surface area (Å²) in [6.07, 6.45) is 0.674. The number of hydrogen-bond donors (Lipinski definition) is 1. The Morgan fingerprint density at radius 1 is 1.24 bits per heavy atom. The van der Waals surface area contributed by atoms with Gasteiger partial charge in [-0.1, -0.05) is 13.0 Å². The molecule has 0 spiro atoms. The van der Waals surface area contributed by atoms with Crippen LogP contribution in [0.3, 0.4) is 0 Å². The third-order valence-corrected chi connectivity index (χ3v) is 5.75. The molecule has 0 aliphatic carbocycles. The molecule has 4 rings (SSSR count). The van der Waals surface area contributed by atoms with E-state index in [0.717, 1.165) is 20.9 Å². The van der Waals surface area contributed by atoms with Gasteiger partial charge in [-0.05, 0) is 29.0 Å². The average Bonchev–Trinajstić information content (AvgIpc) is 3.32. The van der Waals surface area contributed by atoms with Crippen molar-refractivity contribution in [1.82, 2.24) is 19.5 Å². The van der Waals surface area contributed by atoms with Crippen LogP contribution in [0, 0.1) is 0 Å². The van der Waals surface area contributed by atoms with Gasteiger partial charge < -0.3 is 5.32 Å². The Morgan fingerprint density at radius 2 is 2.12 bits per heavy atom. The van der Waals surface area contributed by atoms with Gasteiger partial charge in [0.2, 0.25) is 5.91 Å². The van der Waals surface area contributed by atoms with Crippen molar-refractivity contribution in [2.75, 3.05) is 0 Å². The maximum Gasteiger partial charge on any atom is 0.291 e. The Morgan fingerprint density at radius 3 is 2.88 bits per heavy atom. The van der Waals surface area contributed by atoms with Crippen LogP contribution in [0.2, 0.25) is 0 Å². The lowest BCUT2D eigenvalue weighted by Gasteiger charge is -2.10. The van der Waals surface area contributed by atoms with Crippen LogP contribution >= 0.6 is 22.7 Å². The number of thiophene rings is 2. The number of nitrogens with one attached hydrogen (secondary N) is 1. The SMILES string of the molecule is CCc1nn(CC(=O)NCc2cccs2)c(=O)c2cc3sccc3n12. The van der Waals surface area contributed by atoms with E-state index in [1.165, 1.54) is 4.68 Å². The number of aryl methyl sites for hydroxylation is 1. The van der Waals surface area contributed by atoms with Crippen LogP contribution in [0.1, 0.15) is 17.6 Å². The molecule has 4 heterocycles. The molecule has 0 aromatic carbocycles. The van der Waals surface area contributed by atoms with Gasteiger partial charge in [0, 0.05) is 11.3 Å². The summed E-state index contributed by atoms with van der Waals surface area (Å²) in [4.78, 5) is 26.0. The summed E-state index contributed by atoms with van der Waals surface area (Å²) in [6.45, 7) is 2.38. The van der Waals surface area contributed by atoms with E-state index >= 15 is 0 Å². The maximum atomic E-state index is 12.7. The Hall–Kier alpha value is -2.45. The van der Waals surface area contributed by atoms with Crippen LogP contribution in [0.25, 0.3) is 15.7 Å². The minimum atomic E-state index is -0.244. The topological polar surface area (TPSA) is 68.4 Å². The average molecular weight is 372 g/mol. The monoisotopic (exact) mass is 372 g/mol. The fourth-order valence-corrected chi connectivity index (χ4v) is 4.30. The molecule has 0 atom stereocenters. The normalized spacial score (nSPS) is 11.4. The van der Waals surface area contributed by atoms with Crippen molar-refractivity contribution in [1.29, 1.82) is 0 Å². The molecule has 4 aromatic rings. The molecule has 0 unspecified atom stereocenters. The number of rotatable bonds is 5. The molecule has 25 heavy (non-hydrogen) atoms. The van der Waals surface area contributed by atoms with Gasteiger partial charge >= 0.3 is 0 Å². The summed E-state index contributed by atoms with van der Waals surface area (Å²) >= 11 is 3.18. The zero-order valence-corrected chi connectivity index (χ0v) is 15.2. The summed E-state index contributed by atoms with van der Waals surface area (Å²) in [7, 11) is 0. The van der Waals surface area contributed by atoms with Gasteiger partial charge in [0.25, 0.3) is 5.56 Å². The second-order valence-corrected chi connectivity index (χ2v) is 7.60. The van der Waals surface area contributed by atoms with Crippen LogP contribution in [0.5, 0.6) is 0 Å². The number of fused-ring (bicyclic) bond motifs is 3. The second kappa shape index (κ2) is 6.45. The summed E-state index contributed by atoms with van der Waals surface area (Å²) < 4.78 is 4.21. The quantitative estimate of drug-likeness (QED) is 0.586. The van der Waals surface area contributed by atoms with Crippen molar-refractivity contribution < 1.29 is 4.79 Å². The minimum absolute atomic E-state index is 0.0768. The molecule has 0 aliphatic rings. The van der Waals surface area contributed by atoms with Gasteiger partial charge in [0.1, 0.15) is 17.9 Å². The highest BCUT2D eigenvalue weighted by atomic mass is 32.1. The fraction of sp³-hybridized carbons (Fsp3) is 0.235. The molecule has 128 valence electrons. The van der Waals surface area contributed by atoms with E-state index in [4.69, 9.17) is 0 Å². The molecule has 0 aliphatic heterocycles. The number of amides is 1. The van der Waals surface area contributed by atoms with E-state index in [1.54, 1.807) is 22.7 Å². The van der Waals surface area contributed by atoms with E-state index < -0.39 is 0 Å². The first-order chi connectivity index (χ1) is 12.2. The lowest BCUT2D eigenvalue weighted by Crippen LogP contribution is -2.34. The smallest absolute Gasteiger partial charge is 0.291 e. The lowest BCUT2D eigenvalue weighted by atomic mass is 10.4. The molecule has 6 nitrogen and oxygen atoms in total. The van der Waals surface area contributed by atoms with E-state index in [9.17, 15) is 9.59 Å². The zero-order valence-electron chi connectivity index (χ0n) is 13.6. The molecule has 0 saturated heterocycles. The van der Waals surface area contributed by atoms with Crippen molar-refractivity contribution in [3.05, 3.63) is 56.1 Å². The molecule has 8 heteroatoms. The first-order valence-corrected chi connectivity index (χ1v) is 9.71. The predicted molar refractivity (Wildman–Crippen MR) is 100 cm³/mol. The molecule has 0 radical (unpaired) electrons. The van der Waals surface area contributed by atoms with Gasteiger partial charge in [-0.2, -0.15) is 5.10 Å². The standard InChI is InChI=1S/C17H16N4O2S2/c1-2-15-19-20(10-16(22)18-9-11-4-3-6-24-11)17(23)13-8-14-12(21(13)15)5-7-25-14/h3-8H,2,9-10H2,1H3,(H,18,22). The van der Waals surface area contributed by atoms with Crippen LogP contribution in [-0.2, 0) is 24.3 Å². The fourth-order valence-electron chi connectivity index (χ4n) is 2.85. The first-order valence-electron chi connectivity index (χ1n) is 7.95. The Kier molecular flexibility index (Phi) is 4.14. The minimum Gasteiger partial charge on any atom is -0.350 e. The highest BCUT2D eigenvalue weighted by Gasteiger charge is 2.15. The van der Waals surface area contributed by atoms with Crippen molar-refractivity contribution in [3.63, 3.8) is 0 Å². The third kappa shape index (κ3) is 2.87. The number of nitrogens with zero attached hydrogens (tertiary/aromatic N) is 3. The molecule has 0 saturated carbocycles. The molecule has 0 bridgehead atoms. The second-order valence-electron chi connectivity index (χ2n) is 5.62. The lowest BCUT2D eigenvalue weighted by molar-refractivity contribution is -0.122. The first kappa shape index (κ1) is 16.0. The number of carbonyl (C=O) groups is 1. The van der Waals surface area contributed by atoms with Crippen molar-refractivity contribution in [2.24, 2.45) is 0 Å². The van der Waals surface area contributed by atoms with Crippen molar-refractivity contribution in [2.45, 2.75) is 26.4 Å². The number of aromatic nitrogens is 3. The van der Waals surface area contributed by atoms with Crippen LogP contribution in [0.15, 0.2) is 39.8 Å². The van der Waals surface area contributed by atoms with Gasteiger partial charge in [-0.3, -0.25) is 14.0 Å². The molecular weight excluding hydrogens is 356 g/mol. The zero-order chi connectivity index (χ0) is 17.4. The van der Waals surface area contributed by atoms with Gasteiger partial charge in [-0.15, -0.1) is 22.7 Å². The summed E-state index contributed by atoms with van der Waals surface area (Å²) in [5.41, 5.74) is 1.32. The molecular formula is C17H16N4O2S2. The maximum absolute atomic E-state index is 12.7. The van der Waals surface area contributed by atoms with Gasteiger partial charge in [-0.25, -0.2) is 4.68 Å². The van der Waals surface area contributed by atoms with Gasteiger partial charge in [0.05, 0.1) is 16.8 Å². The molecule has 0 fully saturated rings. The van der Waals surface area contributed by atoms with E-state index in [2.05, 4.69) is 10.4 Å². The highest BCUT2D eigenvalue weighted by Crippen LogP contribution is 2.24. The third-order valence-electron chi connectivity index (χ3n) is 4.02. The largest absolute Gasteiger partial charge is 0.350 e. The van der Waals surface area contributed by atoms with Crippen LogP contribution in [0.4, 0.5) is 0 Å². The Labute approximate surface area is 151 Å². The summed E-state index contributed by atoms with van der Waals surface area (Å²) in [6, 6.07) is 7.77. The number of carbonyl (C=O) groups excluding carboxylic acids is 1. The Balaban J connectivity index is 1.66. The van der Waals surface area contributed by atoms with Crippen molar-refractivity contribution >= 4 is 44.3 Å². The van der Waals surface area contributed by atoms with Crippen molar-refractivity contribution in [3.8, 4) is 0 Å². The number of hydrogen-bond acceptors (Lipinski definition) is 5. The van der Waals surface area contributed by atoms with Crippen LogP contribution < -0.4 is 10.9 Å². The van der Waals surface area contributed by atoms with Crippen LogP contribution in [-0.4, -0.2) is 20.1 Å². The van der Waals surface area contributed by atoms with E-state index in [1.807, 2.05) is 46.4 Å². The summed E-state index contributed by atoms with van der Waals surface area (Å²) in [5, 5.41) is 11.2.